The fraction of sp³-hybridized carbons (Fsp3) is 0.222. The summed E-state index contributed by atoms with van der Waals surface area (Å²) >= 11 is 3.43. The molecule has 0 aliphatic rings. The highest BCUT2D eigenvalue weighted by atomic mass is 79.9. The van der Waals surface area contributed by atoms with Gasteiger partial charge in [-0.15, -0.1) is 0 Å². The molecule has 0 atom stereocenters. The zero-order valence-electron chi connectivity index (χ0n) is 12.8. The highest BCUT2D eigenvalue weighted by molar-refractivity contribution is 9.10. The van der Waals surface area contributed by atoms with E-state index >= 15 is 0 Å². The lowest BCUT2D eigenvalue weighted by atomic mass is 10.1. The van der Waals surface area contributed by atoms with Crippen LogP contribution in [0.15, 0.2) is 51.7 Å². The van der Waals surface area contributed by atoms with Crippen molar-refractivity contribution in [1.82, 2.24) is 9.55 Å². The van der Waals surface area contributed by atoms with Gasteiger partial charge in [-0.25, -0.2) is 4.98 Å². The van der Waals surface area contributed by atoms with Crippen molar-refractivity contribution in [2.24, 2.45) is 0 Å². The normalized spacial score (nSPS) is 11.3. The van der Waals surface area contributed by atoms with Gasteiger partial charge >= 0.3 is 0 Å². The minimum atomic E-state index is -0.0288. The molecular weight excluding hydrogens is 340 g/mol. The molecule has 4 heteroatoms. The van der Waals surface area contributed by atoms with Crippen molar-refractivity contribution in [2.75, 3.05) is 0 Å². The smallest absolute Gasteiger partial charge is 0.266 e. The second-order valence-corrected chi connectivity index (χ2v) is 6.68. The first-order valence-corrected chi connectivity index (χ1v) is 8.06. The van der Waals surface area contributed by atoms with Gasteiger partial charge in [0.05, 0.1) is 16.6 Å². The van der Waals surface area contributed by atoms with Crippen LogP contribution >= 0.6 is 15.9 Å². The Bertz CT molecular complexity index is 895. The Balaban J connectivity index is 2.40. The molecule has 0 spiro atoms. The summed E-state index contributed by atoms with van der Waals surface area (Å²) < 4.78 is 2.60. The summed E-state index contributed by atoms with van der Waals surface area (Å²) in [7, 11) is 0. The van der Waals surface area contributed by atoms with Gasteiger partial charge < -0.3 is 0 Å². The Hall–Kier alpha value is -1.94. The molecule has 0 radical (unpaired) electrons. The molecular formula is C18H17BrN2O. The molecule has 22 heavy (non-hydrogen) atoms. The monoisotopic (exact) mass is 356 g/mol. The summed E-state index contributed by atoms with van der Waals surface area (Å²) in [6, 6.07) is 13.6. The van der Waals surface area contributed by atoms with Crippen LogP contribution in [-0.2, 0) is 0 Å². The SMILES string of the molecule is Cc1ccc(-n2c(C(C)C)nc3ccc(Br)cc3c2=O)cc1. The molecule has 0 bridgehead atoms. The van der Waals surface area contributed by atoms with Crippen LogP contribution in [0.1, 0.15) is 31.2 Å². The molecule has 0 fully saturated rings. The van der Waals surface area contributed by atoms with E-state index < -0.39 is 0 Å². The van der Waals surface area contributed by atoms with E-state index in [2.05, 4.69) is 29.8 Å². The lowest BCUT2D eigenvalue weighted by Gasteiger charge is -2.16. The average Bonchev–Trinajstić information content (AvgIpc) is 2.49. The fourth-order valence-corrected chi connectivity index (χ4v) is 2.87. The maximum atomic E-state index is 13.0. The Morgan fingerprint density at radius 2 is 1.77 bits per heavy atom. The van der Waals surface area contributed by atoms with Gasteiger partial charge in [0, 0.05) is 10.4 Å². The molecule has 0 saturated heterocycles. The molecule has 0 unspecified atom stereocenters. The highest BCUT2D eigenvalue weighted by Gasteiger charge is 2.15. The van der Waals surface area contributed by atoms with Crippen LogP contribution in [0.4, 0.5) is 0 Å². The van der Waals surface area contributed by atoms with Crippen molar-refractivity contribution in [3.63, 3.8) is 0 Å². The van der Waals surface area contributed by atoms with E-state index in [-0.39, 0.29) is 11.5 Å². The highest BCUT2D eigenvalue weighted by Crippen LogP contribution is 2.21. The number of fused-ring (bicyclic) bond motifs is 1. The van der Waals surface area contributed by atoms with Crippen LogP contribution in [-0.4, -0.2) is 9.55 Å². The second-order valence-electron chi connectivity index (χ2n) is 5.76. The van der Waals surface area contributed by atoms with E-state index in [1.54, 1.807) is 4.57 Å². The third-order valence-corrected chi connectivity index (χ3v) is 4.16. The van der Waals surface area contributed by atoms with Crippen molar-refractivity contribution < 1.29 is 0 Å². The predicted molar refractivity (Wildman–Crippen MR) is 93.9 cm³/mol. The maximum absolute atomic E-state index is 13.0. The lowest BCUT2D eigenvalue weighted by Crippen LogP contribution is -2.24. The van der Waals surface area contributed by atoms with Crippen molar-refractivity contribution in [2.45, 2.75) is 26.7 Å². The minimum absolute atomic E-state index is 0.0288. The van der Waals surface area contributed by atoms with E-state index in [1.807, 2.05) is 49.4 Å². The summed E-state index contributed by atoms with van der Waals surface area (Å²) in [6.45, 7) is 6.14. The molecule has 0 N–H and O–H groups in total. The molecule has 1 heterocycles. The van der Waals surface area contributed by atoms with E-state index in [9.17, 15) is 4.79 Å². The van der Waals surface area contributed by atoms with Crippen LogP contribution in [0.3, 0.4) is 0 Å². The molecule has 2 aromatic carbocycles. The van der Waals surface area contributed by atoms with Crippen molar-refractivity contribution >= 4 is 26.8 Å². The Morgan fingerprint density at radius 3 is 2.41 bits per heavy atom. The molecule has 0 aliphatic heterocycles. The average molecular weight is 357 g/mol. The van der Waals surface area contributed by atoms with Gasteiger partial charge in [-0.3, -0.25) is 9.36 Å². The Morgan fingerprint density at radius 1 is 1.09 bits per heavy atom. The summed E-state index contributed by atoms with van der Waals surface area (Å²) in [5, 5.41) is 0.624. The number of aromatic nitrogens is 2. The van der Waals surface area contributed by atoms with Gasteiger partial charge in [0.15, 0.2) is 0 Å². The molecule has 0 aliphatic carbocycles. The number of aryl methyl sites for hydroxylation is 1. The second kappa shape index (κ2) is 5.69. The van der Waals surface area contributed by atoms with Crippen LogP contribution in [0.2, 0.25) is 0 Å². The van der Waals surface area contributed by atoms with Crippen molar-refractivity contribution in [3.05, 3.63) is 68.7 Å². The number of hydrogen-bond acceptors (Lipinski definition) is 2. The van der Waals surface area contributed by atoms with Gasteiger partial charge in [-0.2, -0.15) is 0 Å². The molecule has 1 aromatic heterocycles. The zero-order valence-corrected chi connectivity index (χ0v) is 14.4. The summed E-state index contributed by atoms with van der Waals surface area (Å²) in [6.07, 6.45) is 0. The Labute approximate surface area is 137 Å². The largest absolute Gasteiger partial charge is 0.268 e. The third kappa shape index (κ3) is 2.59. The first kappa shape index (κ1) is 15.0. The van der Waals surface area contributed by atoms with Crippen LogP contribution in [0.5, 0.6) is 0 Å². The first-order chi connectivity index (χ1) is 10.5. The van der Waals surface area contributed by atoms with E-state index in [4.69, 9.17) is 4.98 Å². The number of hydrogen-bond donors (Lipinski definition) is 0. The molecule has 3 aromatic rings. The molecule has 0 saturated carbocycles. The Kier molecular flexibility index (Phi) is 3.87. The van der Waals surface area contributed by atoms with Gasteiger partial charge in [0.2, 0.25) is 0 Å². The molecule has 3 nitrogen and oxygen atoms in total. The summed E-state index contributed by atoms with van der Waals surface area (Å²) in [4.78, 5) is 17.7. The van der Waals surface area contributed by atoms with Gasteiger partial charge in [-0.1, -0.05) is 47.5 Å². The topological polar surface area (TPSA) is 34.9 Å². The zero-order chi connectivity index (χ0) is 15.9. The van der Waals surface area contributed by atoms with E-state index in [1.165, 1.54) is 5.56 Å². The lowest BCUT2D eigenvalue weighted by molar-refractivity contribution is 0.723. The van der Waals surface area contributed by atoms with Crippen LogP contribution < -0.4 is 5.56 Å². The number of halogens is 1. The third-order valence-electron chi connectivity index (χ3n) is 3.66. The quantitative estimate of drug-likeness (QED) is 0.673. The number of nitrogens with zero attached hydrogens (tertiary/aromatic N) is 2. The molecule has 112 valence electrons. The summed E-state index contributed by atoms with van der Waals surface area (Å²) in [5.41, 5.74) is 2.73. The van der Waals surface area contributed by atoms with Crippen LogP contribution in [0, 0.1) is 6.92 Å². The van der Waals surface area contributed by atoms with Gasteiger partial charge in [-0.05, 0) is 37.3 Å². The first-order valence-electron chi connectivity index (χ1n) is 7.26. The van der Waals surface area contributed by atoms with E-state index in [0.717, 1.165) is 21.5 Å². The summed E-state index contributed by atoms with van der Waals surface area (Å²) in [5.74, 6) is 0.936. The maximum Gasteiger partial charge on any atom is 0.266 e. The minimum Gasteiger partial charge on any atom is -0.268 e. The molecule has 3 rings (SSSR count). The fourth-order valence-electron chi connectivity index (χ4n) is 2.51. The van der Waals surface area contributed by atoms with Gasteiger partial charge in [0.1, 0.15) is 5.82 Å². The van der Waals surface area contributed by atoms with Gasteiger partial charge in [0.25, 0.3) is 5.56 Å². The number of benzene rings is 2. The van der Waals surface area contributed by atoms with Crippen molar-refractivity contribution in [1.29, 1.82) is 0 Å². The standard InChI is InChI=1S/C18H17BrN2O/c1-11(2)17-20-16-9-6-13(19)10-15(16)18(22)21(17)14-7-4-12(3)5-8-14/h4-11H,1-3H3. The van der Waals surface area contributed by atoms with E-state index in [0.29, 0.717) is 5.39 Å². The van der Waals surface area contributed by atoms with Crippen LogP contribution in [0.25, 0.3) is 16.6 Å². The molecule has 0 amide bonds. The predicted octanol–water partition coefficient (Wildman–Crippen LogP) is 4.58. The van der Waals surface area contributed by atoms with Crippen molar-refractivity contribution in [3.8, 4) is 5.69 Å². The number of rotatable bonds is 2.